The molecule has 1 fully saturated rings. The Bertz CT molecular complexity index is 621. The molecule has 0 atom stereocenters. The molecule has 1 aromatic rings. The van der Waals surface area contributed by atoms with Crippen molar-refractivity contribution in [3.63, 3.8) is 0 Å². The average molecular weight is 343 g/mol. The Morgan fingerprint density at radius 1 is 1.13 bits per heavy atom. The Balaban J connectivity index is 2.17. The number of methoxy groups -OCH3 is 2. The van der Waals surface area contributed by atoms with Crippen LogP contribution in [0.15, 0.2) is 23.1 Å². The van der Waals surface area contributed by atoms with E-state index < -0.39 is 10.0 Å². The van der Waals surface area contributed by atoms with Crippen LogP contribution in [0.2, 0.25) is 0 Å². The highest BCUT2D eigenvalue weighted by Crippen LogP contribution is 2.32. The van der Waals surface area contributed by atoms with Crippen molar-refractivity contribution in [1.82, 2.24) is 4.31 Å². The number of sulfonamides is 1. The van der Waals surface area contributed by atoms with E-state index in [9.17, 15) is 8.42 Å². The molecule has 1 saturated heterocycles. The van der Waals surface area contributed by atoms with Gasteiger partial charge in [0.1, 0.15) is 16.4 Å². The molecule has 0 unspecified atom stereocenters. The maximum absolute atomic E-state index is 12.9. The fourth-order valence-corrected chi connectivity index (χ4v) is 4.33. The molecule has 130 valence electrons. The maximum atomic E-state index is 12.9. The van der Waals surface area contributed by atoms with Gasteiger partial charge in [-0.1, -0.05) is 0 Å². The molecule has 0 bridgehead atoms. The minimum atomic E-state index is -3.58. The van der Waals surface area contributed by atoms with Gasteiger partial charge in [0.25, 0.3) is 0 Å². The molecule has 1 aliphatic heterocycles. The van der Waals surface area contributed by atoms with Crippen LogP contribution in [0.4, 0.5) is 0 Å². The summed E-state index contributed by atoms with van der Waals surface area (Å²) >= 11 is 0. The van der Waals surface area contributed by atoms with E-state index in [4.69, 9.17) is 14.2 Å². The highest BCUT2D eigenvalue weighted by atomic mass is 32.2. The van der Waals surface area contributed by atoms with Crippen LogP contribution >= 0.6 is 0 Å². The fourth-order valence-electron chi connectivity index (χ4n) is 2.72. The summed E-state index contributed by atoms with van der Waals surface area (Å²) in [6.07, 6.45) is 1.69. The van der Waals surface area contributed by atoms with Gasteiger partial charge < -0.3 is 14.2 Å². The lowest BCUT2D eigenvalue weighted by Crippen LogP contribution is -2.41. The van der Waals surface area contributed by atoms with E-state index in [0.717, 1.165) is 0 Å². The van der Waals surface area contributed by atoms with Gasteiger partial charge in [-0.3, -0.25) is 0 Å². The summed E-state index contributed by atoms with van der Waals surface area (Å²) in [4.78, 5) is 0.170. The first-order valence-electron chi connectivity index (χ1n) is 7.76. The van der Waals surface area contributed by atoms with Crippen molar-refractivity contribution in [2.45, 2.75) is 43.8 Å². The molecule has 6 nitrogen and oxygen atoms in total. The van der Waals surface area contributed by atoms with Gasteiger partial charge in [0, 0.05) is 19.2 Å². The largest absolute Gasteiger partial charge is 0.497 e. The van der Waals surface area contributed by atoms with Crippen LogP contribution in [0.3, 0.4) is 0 Å². The smallest absolute Gasteiger partial charge is 0.246 e. The minimum absolute atomic E-state index is 0.124. The second kappa shape index (κ2) is 7.51. The number of ether oxygens (including phenoxy) is 3. The molecule has 0 amide bonds. The lowest BCUT2D eigenvalue weighted by atomic mass is 10.1. The third kappa shape index (κ3) is 4.16. The van der Waals surface area contributed by atoms with Crippen LogP contribution in [0.25, 0.3) is 0 Å². The lowest BCUT2D eigenvalue weighted by Gasteiger charge is -2.32. The predicted octanol–water partition coefficient (Wildman–Crippen LogP) is 2.28. The van der Waals surface area contributed by atoms with E-state index in [1.54, 1.807) is 12.1 Å². The Kier molecular flexibility index (Phi) is 5.89. The first kappa shape index (κ1) is 18.0. The van der Waals surface area contributed by atoms with Crippen LogP contribution in [0, 0.1) is 0 Å². The lowest BCUT2D eigenvalue weighted by molar-refractivity contribution is -0.0168. The highest BCUT2D eigenvalue weighted by Gasteiger charge is 2.32. The molecule has 1 heterocycles. The van der Waals surface area contributed by atoms with E-state index in [1.807, 2.05) is 13.8 Å². The molecule has 0 N–H and O–H groups in total. The van der Waals surface area contributed by atoms with Crippen molar-refractivity contribution in [3.05, 3.63) is 18.2 Å². The third-order valence-electron chi connectivity index (χ3n) is 3.85. The topological polar surface area (TPSA) is 65.1 Å². The zero-order chi connectivity index (χ0) is 17.0. The molecule has 23 heavy (non-hydrogen) atoms. The molecule has 1 aromatic carbocycles. The predicted molar refractivity (Wildman–Crippen MR) is 87.5 cm³/mol. The normalized spacial score (nSPS) is 17.4. The molecule has 0 aromatic heterocycles. The van der Waals surface area contributed by atoms with Crippen LogP contribution in [-0.4, -0.2) is 52.2 Å². The Labute approximate surface area is 138 Å². The van der Waals surface area contributed by atoms with E-state index >= 15 is 0 Å². The zero-order valence-corrected chi connectivity index (χ0v) is 14.9. The average Bonchev–Trinajstić information content (AvgIpc) is 2.54. The van der Waals surface area contributed by atoms with E-state index in [-0.39, 0.29) is 17.1 Å². The molecular formula is C16H25NO5S. The van der Waals surface area contributed by atoms with Gasteiger partial charge in [-0.2, -0.15) is 4.31 Å². The Morgan fingerprint density at radius 2 is 1.78 bits per heavy atom. The summed E-state index contributed by atoms with van der Waals surface area (Å²) in [7, 11) is -0.599. The highest BCUT2D eigenvalue weighted by molar-refractivity contribution is 7.89. The van der Waals surface area contributed by atoms with Gasteiger partial charge in [0.15, 0.2) is 0 Å². The van der Waals surface area contributed by atoms with Gasteiger partial charge in [-0.05, 0) is 38.8 Å². The quantitative estimate of drug-likeness (QED) is 0.793. The van der Waals surface area contributed by atoms with E-state index in [0.29, 0.717) is 37.4 Å². The first-order valence-corrected chi connectivity index (χ1v) is 9.20. The van der Waals surface area contributed by atoms with E-state index in [1.165, 1.54) is 24.6 Å². The number of nitrogens with zero attached hydrogens (tertiary/aromatic N) is 1. The summed E-state index contributed by atoms with van der Waals surface area (Å²) in [5.74, 6) is 0.856. The van der Waals surface area contributed by atoms with Crippen molar-refractivity contribution in [2.24, 2.45) is 0 Å². The van der Waals surface area contributed by atoms with Crippen LogP contribution in [-0.2, 0) is 14.8 Å². The molecule has 0 radical (unpaired) electrons. The third-order valence-corrected chi connectivity index (χ3v) is 5.79. The Hall–Kier alpha value is -1.31. The second-order valence-electron chi connectivity index (χ2n) is 5.81. The van der Waals surface area contributed by atoms with Gasteiger partial charge >= 0.3 is 0 Å². The molecule has 1 aliphatic rings. The summed E-state index contributed by atoms with van der Waals surface area (Å²) in [5, 5.41) is 0. The fraction of sp³-hybridized carbons (Fsp3) is 0.625. The van der Waals surface area contributed by atoms with Gasteiger partial charge in [-0.15, -0.1) is 0 Å². The van der Waals surface area contributed by atoms with E-state index in [2.05, 4.69) is 0 Å². The van der Waals surface area contributed by atoms with Gasteiger partial charge in [-0.25, -0.2) is 8.42 Å². The summed E-state index contributed by atoms with van der Waals surface area (Å²) < 4.78 is 43.3. The first-order chi connectivity index (χ1) is 10.9. The molecule has 0 aliphatic carbocycles. The van der Waals surface area contributed by atoms with Crippen molar-refractivity contribution in [3.8, 4) is 11.5 Å². The van der Waals surface area contributed by atoms with Crippen molar-refractivity contribution < 1.29 is 22.6 Å². The standard InChI is InChI=1S/C16H25NO5S/c1-12(2)22-13-7-9-17(10-8-13)23(18,19)16-6-5-14(20-3)11-15(16)21-4/h5-6,11-13H,7-10H2,1-4H3. The maximum Gasteiger partial charge on any atom is 0.246 e. The molecule has 0 saturated carbocycles. The molecule has 2 rings (SSSR count). The monoisotopic (exact) mass is 343 g/mol. The van der Waals surface area contributed by atoms with Crippen LogP contribution in [0.1, 0.15) is 26.7 Å². The minimum Gasteiger partial charge on any atom is -0.497 e. The summed E-state index contributed by atoms with van der Waals surface area (Å²) in [6.45, 7) is 4.89. The van der Waals surface area contributed by atoms with Gasteiger partial charge in [0.2, 0.25) is 10.0 Å². The molecule has 7 heteroatoms. The van der Waals surface area contributed by atoms with Crippen LogP contribution < -0.4 is 9.47 Å². The zero-order valence-electron chi connectivity index (χ0n) is 14.1. The van der Waals surface area contributed by atoms with Crippen molar-refractivity contribution in [2.75, 3.05) is 27.3 Å². The molecule has 0 spiro atoms. The SMILES string of the molecule is COc1ccc(S(=O)(=O)N2CCC(OC(C)C)CC2)c(OC)c1. The van der Waals surface area contributed by atoms with Gasteiger partial charge in [0.05, 0.1) is 26.4 Å². The summed E-state index contributed by atoms with van der Waals surface area (Å²) in [6, 6.07) is 4.75. The Morgan fingerprint density at radius 3 is 2.30 bits per heavy atom. The number of benzene rings is 1. The second-order valence-corrected chi connectivity index (χ2v) is 7.71. The molecular weight excluding hydrogens is 318 g/mol. The summed E-state index contributed by atoms with van der Waals surface area (Å²) in [5.41, 5.74) is 0. The van der Waals surface area contributed by atoms with Crippen LogP contribution in [0.5, 0.6) is 11.5 Å². The van der Waals surface area contributed by atoms with Crippen molar-refractivity contribution in [1.29, 1.82) is 0 Å². The number of hydrogen-bond acceptors (Lipinski definition) is 5. The number of piperidine rings is 1. The number of hydrogen-bond donors (Lipinski definition) is 0. The van der Waals surface area contributed by atoms with Crippen molar-refractivity contribution >= 4 is 10.0 Å². The number of rotatable bonds is 6.